The average molecular weight is 207 g/mol. The fourth-order valence-corrected chi connectivity index (χ4v) is 2.27. The zero-order chi connectivity index (χ0) is 11.3. The van der Waals surface area contributed by atoms with Gasteiger partial charge in [-0.1, -0.05) is 19.8 Å². The van der Waals surface area contributed by atoms with E-state index in [1.807, 2.05) is 0 Å². The van der Waals surface area contributed by atoms with Gasteiger partial charge in [-0.05, 0) is 50.4 Å². The van der Waals surface area contributed by atoms with E-state index in [9.17, 15) is 4.79 Å². The van der Waals surface area contributed by atoms with Gasteiger partial charge in [-0.25, -0.2) is 0 Å². The van der Waals surface area contributed by atoms with Gasteiger partial charge in [0.05, 0.1) is 0 Å². The molecule has 15 heavy (non-hydrogen) atoms. The van der Waals surface area contributed by atoms with E-state index in [1.165, 1.54) is 12.8 Å². The van der Waals surface area contributed by atoms with Crippen LogP contribution in [0.4, 0.5) is 0 Å². The molecule has 0 radical (unpaired) electrons. The Morgan fingerprint density at radius 2 is 1.87 bits per heavy atom. The Morgan fingerprint density at radius 1 is 1.27 bits per heavy atom. The maximum atomic E-state index is 11.2. The molecule has 0 heterocycles. The monoisotopic (exact) mass is 207 g/mol. The highest BCUT2D eigenvalue weighted by molar-refractivity contribution is 5.93. The Morgan fingerprint density at radius 3 is 2.33 bits per heavy atom. The van der Waals surface area contributed by atoms with Crippen LogP contribution in [0.15, 0.2) is 0 Å². The molecule has 0 unspecified atom stereocenters. The zero-order valence-corrected chi connectivity index (χ0v) is 9.97. The quantitative estimate of drug-likeness (QED) is 0.692. The van der Waals surface area contributed by atoms with E-state index in [0.29, 0.717) is 6.04 Å². The van der Waals surface area contributed by atoms with Gasteiger partial charge in [0, 0.05) is 6.04 Å². The smallest absolute Gasteiger partial charge is 0.296 e. The van der Waals surface area contributed by atoms with E-state index in [1.54, 1.807) is 6.92 Å². The molecule has 0 saturated heterocycles. The van der Waals surface area contributed by atoms with Crippen molar-refractivity contribution in [2.24, 2.45) is 11.8 Å². The van der Waals surface area contributed by atoms with E-state index < -0.39 is 0 Å². The molecule has 1 saturated carbocycles. The highest BCUT2D eigenvalue weighted by Gasteiger charge is 2.23. The topological polar surface area (TPSA) is 29.1 Å². The lowest BCUT2D eigenvalue weighted by molar-refractivity contribution is -0.116. The van der Waals surface area contributed by atoms with Crippen molar-refractivity contribution in [1.82, 2.24) is 5.32 Å². The van der Waals surface area contributed by atoms with Gasteiger partial charge in [0.2, 0.25) is 0 Å². The van der Waals surface area contributed by atoms with Crippen molar-refractivity contribution in [3.63, 3.8) is 0 Å². The van der Waals surface area contributed by atoms with Crippen LogP contribution in [0.3, 0.4) is 0 Å². The molecule has 0 aromatic heterocycles. The fourth-order valence-electron chi connectivity index (χ4n) is 2.27. The number of amides is 1. The Labute approximate surface area is 92.8 Å². The van der Waals surface area contributed by atoms with Crippen molar-refractivity contribution in [3.8, 4) is 11.8 Å². The molecule has 0 atom stereocenters. The molecule has 0 bridgehead atoms. The van der Waals surface area contributed by atoms with Crippen LogP contribution in [0, 0.1) is 23.7 Å². The summed E-state index contributed by atoms with van der Waals surface area (Å²) in [7, 11) is 0. The van der Waals surface area contributed by atoms with Crippen molar-refractivity contribution in [3.05, 3.63) is 0 Å². The van der Waals surface area contributed by atoms with Crippen LogP contribution in [0.5, 0.6) is 0 Å². The first kappa shape index (κ1) is 12.1. The third-order valence-electron chi connectivity index (χ3n) is 3.29. The Kier molecular flexibility index (Phi) is 4.68. The zero-order valence-electron chi connectivity index (χ0n) is 9.97. The lowest BCUT2D eigenvalue weighted by atomic mass is 9.80. The van der Waals surface area contributed by atoms with Crippen LogP contribution in [-0.2, 0) is 4.79 Å². The second-order valence-electron chi connectivity index (χ2n) is 4.70. The molecule has 1 aliphatic carbocycles. The Hall–Kier alpha value is -0.970. The Balaban J connectivity index is 2.30. The van der Waals surface area contributed by atoms with Crippen LogP contribution < -0.4 is 5.32 Å². The van der Waals surface area contributed by atoms with Crippen molar-refractivity contribution in [2.75, 3.05) is 0 Å². The lowest BCUT2D eigenvalue weighted by Gasteiger charge is -2.30. The van der Waals surface area contributed by atoms with Crippen molar-refractivity contribution in [1.29, 1.82) is 0 Å². The van der Waals surface area contributed by atoms with Gasteiger partial charge in [0.1, 0.15) is 0 Å². The summed E-state index contributed by atoms with van der Waals surface area (Å²) in [6.45, 7) is 6.26. The summed E-state index contributed by atoms with van der Waals surface area (Å²) >= 11 is 0. The molecule has 84 valence electrons. The first-order valence-electron chi connectivity index (χ1n) is 5.86. The maximum absolute atomic E-state index is 11.2. The number of carbonyl (C=O) groups excluding carboxylic acids is 1. The van der Waals surface area contributed by atoms with E-state index in [-0.39, 0.29) is 5.91 Å². The molecule has 1 fully saturated rings. The second-order valence-corrected chi connectivity index (χ2v) is 4.70. The van der Waals surface area contributed by atoms with E-state index in [4.69, 9.17) is 0 Å². The first-order valence-corrected chi connectivity index (χ1v) is 5.86. The second kappa shape index (κ2) is 5.80. The first-order chi connectivity index (χ1) is 7.13. The molecule has 2 heteroatoms. The molecule has 0 spiro atoms. The molecular weight excluding hydrogens is 186 g/mol. The molecule has 2 nitrogen and oxygen atoms in total. The van der Waals surface area contributed by atoms with Crippen LogP contribution in [-0.4, -0.2) is 11.9 Å². The number of carbonyl (C=O) groups is 1. The van der Waals surface area contributed by atoms with Crippen LogP contribution >= 0.6 is 0 Å². The number of nitrogens with one attached hydrogen (secondary N) is 1. The van der Waals surface area contributed by atoms with E-state index >= 15 is 0 Å². The molecule has 1 amide bonds. The summed E-state index contributed by atoms with van der Waals surface area (Å²) in [5.74, 6) is 6.65. The largest absolute Gasteiger partial charge is 0.343 e. The standard InChI is InChI=1S/C13H21NO/c1-4-5-13(15)14-12-8-6-11(7-9-12)10(2)3/h10-12H,6-9H2,1-3H3,(H,14,15). The number of hydrogen-bond donors (Lipinski definition) is 1. The summed E-state index contributed by atoms with van der Waals surface area (Å²) in [6.07, 6.45) is 4.70. The van der Waals surface area contributed by atoms with Crippen LogP contribution in [0.2, 0.25) is 0 Å². The molecule has 1 N–H and O–H groups in total. The SMILES string of the molecule is CC#CC(=O)NC1CCC(C(C)C)CC1. The Bertz CT molecular complexity index is 264. The third kappa shape index (κ3) is 3.95. The number of rotatable bonds is 2. The van der Waals surface area contributed by atoms with Crippen molar-refractivity contribution >= 4 is 5.91 Å². The average Bonchev–Trinajstić information content (AvgIpc) is 2.18. The van der Waals surface area contributed by atoms with Crippen LogP contribution in [0.1, 0.15) is 46.5 Å². The molecule has 0 aromatic rings. The predicted molar refractivity (Wildman–Crippen MR) is 62.2 cm³/mol. The van der Waals surface area contributed by atoms with Gasteiger partial charge < -0.3 is 5.32 Å². The summed E-state index contributed by atoms with van der Waals surface area (Å²) in [5.41, 5.74) is 0. The fraction of sp³-hybridized carbons (Fsp3) is 0.769. The summed E-state index contributed by atoms with van der Waals surface area (Å²) in [6, 6.07) is 0.355. The minimum absolute atomic E-state index is 0.120. The predicted octanol–water partition coefficient (Wildman–Crippen LogP) is 2.34. The lowest BCUT2D eigenvalue weighted by Crippen LogP contribution is -2.37. The van der Waals surface area contributed by atoms with Gasteiger partial charge in [-0.15, -0.1) is 0 Å². The molecular formula is C13H21NO. The van der Waals surface area contributed by atoms with E-state index in [2.05, 4.69) is 31.0 Å². The molecule has 1 aliphatic rings. The van der Waals surface area contributed by atoms with Gasteiger partial charge in [-0.3, -0.25) is 4.79 Å². The molecule has 1 rings (SSSR count). The minimum atomic E-state index is -0.120. The highest BCUT2D eigenvalue weighted by Crippen LogP contribution is 2.29. The molecule has 0 aromatic carbocycles. The van der Waals surface area contributed by atoms with Gasteiger partial charge in [0.15, 0.2) is 0 Å². The highest BCUT2D eigenvalue weighted by atomic mass is 16.1. The van der Waals surface area contributed by atoms with Crippen molar-refractivity contribution < 1.29 is 4.79 Å². The minimum Gasteiger partial charge on any atom is -0.343 e. The van der Waals surface area contributed by atoms with Gasteiger partial charge in [0.25, 0.3) is 5.91 Å². The van der Waals surface area contributed by atoms with E-state index in [0.717, 1.165) is 24.7 Å². The number of hydrogen-bond acceptors (Lipinski definition) is 1. The molecule has 0 aliphatic heterocycles. The normalized spacial score (nSPS) is 25.6. The summed E-state index contributed by atoms with van der Waals surface area (Å²) in [4.78, 5) is 11.2. The summed E-state index contributed by atoms with van der Waals surface area (Å²) in [5, 5.41) is 2.97. The van der Waals surface area contributed by atoms with Crippen LogP contribution in [0.25, 0.3) is 0 Å². The van der Waals surface area contributed by atoms with Gasteiger partial charge in [-0.2, -0.15) is 0 Å². The van der Waals surface area contributed by atoms with Gasteiger partial charge >= 0.3 is 0 Å². The summed E-state index contributed by atoms with van der Waals surface area (Å²) < 4.78 is 0. The van der Waals surface area contributed by atoms with Crippen molar-refractivity contribution in [2.45, 2.75) is 52.5 Å². The maximum Gasteiger partial charge on any atom is 0.296 e. The third-order valence-corrected chi connectivity index (χ3v) is 3.29.